The van der Waals surface area contributed by atoms with Crippen molar-refractivity contribution < 1.29 is 19.4 Å². The number of aromatic carboxylic acids is 1. The number of nitrogens with zero attached hydrogens (tertiary/aromatic N) is 1. The number of carboxylic acids is 1. The minimum absolute atomic E-state index is 0.225. The van der Waals surface area contributed by atoms with Gasteiger partial charge in [-0.15, -0.1) is 0 Å². The summed E-state index contributed by atoms with van der Waals surface area (Å²) in [5, 5.41) is 10.1. The van der Waals surface area contributed by atoms with Gasteiger partial charge in [-0.25, -0.2) is 9.78 Å². The summed E-state index contributed by atoms with van der Waals surface area (Å²) in [6.07, 6.45) is 3.58. The number of aromatic nitrogens is 1. The number of ether oxygens (including phenoxy) is 2. The van der Waals surface area contributed by atoms with Gasteiger partial charge in [-0.05, 0) is 30.4 Å². The highest BCUT2D eigenvalue weighted by Gasteiger charge is 2.11. The van der Waals surface area contributed by atoms with E-state index in [4.69, 9.17) is 9.47 Å². The summed E-state index contributed by atoms with van der Waals surface area (Å²) >= 11 is 0. The van der Waals surface area contributed by atoms with Crippen LogP contribution in [0.5, 0.6) is 11.5 Å². The number of hydrogen-bond donors (Lipinski definition) is 1. The van der Waals surface area contributed by atoms with Crippen molar-refractivity contribution in [3.05, 3.63) is 65.4 Å². The molecule has 5 heteroatoms. The zero-order valence-electron chi connectivity index (χ0n) is 13.9. The molecule has 0 aliphatic carbocycles. The minimum Gasteiger partial charge on any atom is -0.493 e. The van der Waals surface area contributed by atoms with E-state index >= 15 is 0 Å². The van der Waals surface area contributed by atoms with Crippen molar-refractivity contribution >= 4 is 29.0 Å². The fourth-order valence-corrected chi connectivity index (χ4v) is 2.68. The Labute approximate surface area is 145 Å². The maximum atomic E-state index is 11.5. The summed E-state index contributed by atoms with van der Waals surface area (Å²) in [5.41, 5.74) is 2.23. The van der Waals surface area contributed by atoms with Crippen molar-refractivity contribution in [3.8, 4) is 11.5 Å². The SMILES string of the molecule is COc1cccc(/C=C/c2cc(C(=O)O)c3ccccc3n2)c1OC. The van der Waals surface area contributed by atoms with Crippen LogP contribution in [0, 0.1) is 0 Å². The van der Waals surface area contributed by atoms with Gasteiger partial charge in [0.25, 0.3) is 0 Å². The quantitative estimate of drug-likeness (QED) is 0.759. The Morgan fingerprint density at radius 1 is 1.04 bits per heavy atom. The lowest BCUT2D eigenvalue weighted by molar-refractivity contribution is 0.0699. The Bertz CT molecular complexity index is 963. The number of carbonyl (C=O) groups is 1. The van der Waals surface area contributed by atoms with Crippen LogP contribution in [0.25, 0.3) is 23.1 Å². The highest BCUT2D eigenvalue weighted by Crippen LogP contribution is 2.32. The average molecular weight is 335 g/mol. The number of methoxy groups -OCH3 is 2. The van der Waals surface area contributed by atoms with E-state index in [1.165, 1.54) is 0 Å². The molecule has 0 unspecified atom stereocenters. The Morgan fingerprint density at radius 3 is 2.56 bits per heavy atom. The molecular weight excluding hydrogens is 318 g/mol. The molecule has 25 heavy (non-hydrogen) atoms. The Morgan fingerprint density at radius 2 is 1.84 bits per heavy atom. The maximum Gasteiger partial charge on any atom is 0.336 e. The molecule has 2 aromatic carbocycles. The molecule has 126 valence electrons. The molecule has 0 saturated carbocycles. The molecule has 0 spiro atoms. The zero-order valence-corrected chi connectivity index (χ0v) is 13.9. The highest BCUT2D eigenvalue weighted by atomic mass is 16.5. The third kappa shape index (κ3) is 3.30. The molecule has 1 heterocycles. The molecule has 0 amide bonds. The van der Waals surface area contributed by atoms with Gasteiger partial charge in [0.1, 0.15) is 0 Å². The second kappa shape index (κ2) is 7.05. The van der Waals surface area contributed by atoms with Gasteiger partial charge in [-0.1, -0.05) is 30.3 Å². The third-order valence-corrected chi connectivity index (χ3v) is 3.83. The van der Waals surface area contributed by atoms with Gasteiger partial charge in [0.2, 0.25) is 0 Å². The van der Waals surface area contributed by atoms with Crippen LogP contribution in [0.1, 0.15) is 21.6 Å². The van der Waals surface area contributed by atoms with Gasteiger partial charge in [0.15, 0.2) is 11.5 Å². The molecule has 0 saturated heterocycles. The van der Waals surface area contributed by atoms with Crippen LogP contribution >= 0.6 is 0 Å². The number of benzene rings is 2. The fraction of sp³-hybridized carbons (Fsp3) is 0.100. The van der Waals surface area contributed by atoms with Crippen molar-refractivity contribution in [2.75, 3.05) is 14.2 Å². The fourth-order valence-electron chi connectivity index (χ4n) is 2.68. The number of fused-ring (bicyclic) bond motifs is 1. The van der Waals surface area contributed by atoms with Crippen LogP contribution in [0.4, 0.5) is 0 Å². The van der Waals surface area contributed by atoms with E-state index in [2.05, 4.69) is 4.98 Å². The van der Waals surface area contributed by atoms with Crippen LogP contribution in [0.15, 0.2) is 48.5 Å². The van der Waals surface area contributed by atoms with Gasteiger partial charge in [-0.2, -0.15) is 0 Å². The molecule has 3 rings (SSSR count). The lowest BCUT2D eigenvalue weighted by atomic mass is 10.1. The summed E-state index contributed by atoms with van der Waals surface area (Å²) in [6.45, 7) is 0. The first-order valence-corrected chi connectivity index (χ1v) is 7.66. The first-order valence-electron chi connectivity index (χ1n) is 7.66. The van der Waals surface area contributed by atoms with Gasteiger partial charge >= 0.3 is 5.97 Å². The molecule has 0 bridgehead atoms. The highest BCUT2D eigenvalue weighted by molar-refractivity contribution is 6.03. The summed E-state index contributed by atoms with van der Waals surface area (Å²) < 4.78 is 10.7. The van der Waals surface area contributed by atoms with E-state index in [1.807, 2.05) is 30.3 Å². The van der Waals surface area contributed by atoms with Crippen molar-refractivity contribution in [1.29, 1.82) is 0 Å². The maximum absolute atomic E-state index is 11.5. The Balaban J connectivity index is 2.07. The summed E-state index contributed by atoms with van der Waals surface area (Å²) in [7, 11) is 3.15. The smallest absolute Gasteiger partial charge is 0.336 e. The third-order valence-electron chi connectivity index (χ3n) is 3.83. The molecule has 0 aliphatic rings. The van der Waals surface area contributed by atoms with Gasteiger partial charge in [-0.3, -0.25) is 0 Å². The molecule has 0 atom stereocenters. The first kappa shape index (κ1) is 16.5. The van der Waals surface area contributed by atoms with E-state index in [-0.39, 0.29) is 5.56 Å². The van der Waals surface area contributed by atoms with E-state index in [9.17, 15) is 9.90 Å². The second-order valence-corrected chi connectivity index (χ2v) is 5.33. The van der Waals surface area contributed by atoms with Crippen molar-refractivity contribution in [2.45, 2.75) is 0 Å². The Hall–Kier alpha value is -3.34. The van der Waals surface area contributed by atoms with E-state index in [0.29, 0.717) is 28.1 Å². The Kier molecular flexibility index (Phi) is 4.66. The lowest BCUT2D eigenvalue weighted by Crippen LogP contribution is -2.00. The summed E-state index contributed by atoms with van der Waals surface area (Å²) in [4.78, 5) is 16.0. The number of rotatable bonds is 5. The topological polar surface area (TPSA) is 68.7 Å². The standard InChI is InChI=1S/C20H17NO4/c1-24-18-9-5-6-13(19(18)25-2)10-11-14-12-16(20(22)23)15-7-3-4-8-17(15)21-14/h3-12H,1-2H3,(H,22,23)/b11-10+. The van der Waals surface area contributed by atoms with E-state index in [0.717, 1.165) is 5.56 Å². The van der Waals surface area contributed by atoms with Crippen molar-refractivity contribution in [1.82, 2.24) is 4.98 Å². The average Bonchev–Trinajstić information content (AvgIpc) is 2.64. The molecule has 0 radical (unpaired) electrons. The molecule has 3 aromatic rings. The second-order valence-electron chi connectivity index (χ2n) is 5.33. The first-order chi connectivity index (χ1) is 12.1. The molecule has 0 fully saturated rings. The monoisotopic (exact) mass is 335 g/mol. The predicted octanol–water partition coefficient (Wildman–Crippen LogP) is 4.12. The molecule has 1 aromatic heterocycles. The largest absolute Gasteiger partial charge is 0.493 e. The summed E-state index contributed by atoms with van der Waals surface area (Å²) in [6, 6.07) is 14.3. The van der Waals surface area contributed by atoms with Crippen molar-refractivity contribution in [3.63, 3.8) is 0 Å². The van der Waals surface area contributed by atoms with E-state index < -0.39 is 5.97 Å². The zero-order chi connectivity index (χ0) is 17.8. The van der Waals surface area contributed by atoms with Crippen LogP contribution in [0.2, 0.25) is 0 Å². The molecule has 5 nitrogen and oxygen atoms in total. The van der Waals surface area contributed by atoms with Gasteiger partial charge in [0, 0.05) is 10.9 Å². The van der Waals surface area contributed by atoms with Crippen LogP contribution in [-0.2, 0) is 0 Å². The normalized spacial score (nSPS) is 11.0. The van der Waals surface area contributed by atoms with Crippen LogP contribution < -0.4 is 9.47 Å². The molecule has 1 N–H and O–H groups in total. The summed E-state index contributed by atoms with van der Waals surface area (Å²) in [5.74, 6) is 0.259. The lowest BCUT2D eigenvalue weighted by Gasteiger charge is -2.10. The van der Waals surface area contributed by atoms with Gasteiger partial charge < -0.3 is 14.6 Å². The predicted molar refractivity (Wildman–Crippen MR) is 97.2 cm³/mol. The molecule has 0 aliphatic heterocycles. The van der Waals surface area contributed by atoms with Crippen molar-refractivity contribution in [2.24, 2.45) is 0 Å². The van der Waals surface area contributed by atoms with Crippen LogP contribution in [-0.4, -0.2) is 30.3 Å². The number of pyridine rings is 1. The molecular formula is C20H17NO4. The number of carboxylic acid groups (broad SMARTS) is 1. The number of hydrogen-bond acceptors (Lipinski definition) is 4. The van der Waals surface area contributed by atoms with Crippen LogP contribution in [0.3, 0.4) is 0 Å². The minimum atomic E-state index is -0.979. The number of para-hydroxylation sites is 2. The van der Waals surface area contributed by atoms with E-state index in [1.54, 1.807) is 44.6 Å². The van der Waals surface area contributed by atoms with Gasteiger partial charge in [0.05, 0.1) is 31.0 Å².